The Labute approximate surface area is 290 Å². The molecule has 0 spiro atoms. The Hall–Kier alpha value is -5.95. The van der Waals surface area contributed by atoms with Crippen molar-refractivity contribution in [1.82, 2.24) is 19.5 Å². The predicted molar refractivity (Wildman–Crippen MR) is 207 cm³/mol. The van der Waals surface area contributed by atoms with Crippen molar-refractivity contribution in [1.29, 1.82) is 0 Å². The number of fused-ring (bicyclic) bond motifs is 7. The number of benzene rings is 6. The number of thiophene rings is 2. The van der Waals surface area contributed by atoms with Crippen LogP contribution in [0.4, 0.5) is 0 Å². The third kappa shape index (κ3) is 4.68. The van der Waals surface area contributed by atoms with Crippen molar-refractivity contribution < 1.29 is 0 Å². The van der Waals surface area contributed by atoms with Gasteiger partial charge in [0.2, 0.25) is 0 Å². The molecule has 0 aliphatic carbocycles. The third-order valence-electron chi connectivity index (χ3n) is 9.09. The summed E-state index contributed by atoms with van der Waals surface area (Å²) in [5.74, 6) is 1.99. The van der Waals surface area contributed by atoms with E-state index in [-0.39, 0.29) is 0 Å². The van der Waals surface area contributed by atoms with E-state index in [1.807, 2.05) is 83.3 Å². The van der Waals surface area contributed by atoms with Gasteiger partial charge in [-0.25, -0.2) is 15.0 Å². The normalized spacial score (nSPS) is 11.7. The lowest BCUT2D eigenvalue weighted by molar-refractivity contribution is 1.07. The van der Waals surface area contributed by atoms with Crippen molar-refractivity contribution in [2.45, 2.75) is 0 Å². The Balaban J connectivity index is 1.07. The average molecular weight is 663 g/mol. The molecular weight excluding hydrogens is 637 g/mol. The van der Waals surface area contributed by atoms with Gasteiger partial charge in [0, 0.05) is 43.2 Å². The second kappa shape index (κ2) is 11.3. The van der Waals surface area contributed by atoms with Crippen LogP contribution in [-0.4, -0.2) is 19.5 Å². The second-order valence-corrected chi connectivity index (χ2v) is 14.1. The second-order valence-electron chi connectivity index (χ2n) is 12.1. The molecule has 0 atom stereocenters. The van der Waals surface area contributed by atoms with Crippen LogP contribution < -0.4 is 0 Å². The lowest BCUT2D eigenvalue weighted by Gasteiger charge is -2.09. The molecule has 0 unspecified atom stereocenters. The fourth-order valence-electron chi connectivity index (χ4n) is 6.73. The van der Waals surface area contributed by atoms with Gasteiger partial charge in [0.15, 0.2) is 17.5 Å². The number of aromatic nitrogens is 4. The Morgan fingerprint density at radius 2 is 0.939 bits per heavy atom. The molecule has 0 fully saturated rings. The fraction of sp³-hybridized carbons (Fsp3) is 0. The molecule has 6 aromatic carbocycles. The van der Waals surface area contributed by atoms with Crippen LogP contribution in [0.1, 0.15) is 0 Å². The molecule has 0 saturated carbocycles. The standard InChI is InChI=1S/C43H26N4S2/c1-4-12-28(13-5-1)40-44-41(29-14-6-2-7-15-29)46-42(45-40)30-22-20-27(21-23-30)31-24-25-36-34(26-31)38-39(48-36)37-33-18-10-11-19-35(33)47(43(37)49-38)32-16-8-3-9-17-32/h1-26H. The maximum atomic E-state index is 4.91. The van der Waals surface area contributed by atoms with E-state index >= 15 is 0 Å². The summed E-state index contributed by atoms with van der Waals surface area (Å²) in [5.41, 5.74) is 7.67. The highest BCUT2D eigenvalue weighted by Gasteiger charge is 2.21. The molecule has 10 aromatic rings. The molecule has 0 bridgehead atoms. The van der Waals surface area contributed by atoms with Crippen LogP contribution in [0.15, 0.2) is 158 Å². The molecule has 0 amide bonds. The molecule has 4 aromatic heterocycles. The number of hydrogen-bond acceptors (Lipinski definition) is 5. The van der Waals surface area contributed by atoms with Gasteiger partial charge in [0.1, 0.15) is 4.83 Å². The van der Waals surface area contributed by atoms with E-state index in [1.54, 1.807) is 0 Å². The minimum atomic E-state index is 0.658. The summed E-state index contributed by atoms with van der Waals surface area (Å²) >= 11 is 3.80. The minimum absolute atomic E-state index is 0.658. The summed E-state index contributed by atoms with van der Waals surface area (Å²) < 4.78 is 6.45. The molecule has 0 radical (unpaired) electrons. The van der Waals surface area contributed by atoms with Gasteiger partial charge in [-0.15, -0.1) is 22.7 Å². The molecule has 4 nitrogen and oxygen atoms in total. The van der Waals surface area contributed by atoms with Crippen molar-refractivity contribution in [2.75, 3.05) is 0 Å². The first kappa shape index (κ1) is 28.1. The van der Waals surface area contributed by atoms with Gasteiger partial charge in [0.25, 0.3) is 0 Å². The topological polar surface area (TPSA) is 43.6 Å². The highest BCUT2D eigenvalue weighted by molar-refractivity contribution is 7.36. The SMILES string of the molecule is c1ccc(-c2nc(-c3ccccc3)nc(-c3ccc(-c4ccc5sc6c(sc7c6c6ccccc6n7-c6ccccc6)c5c4)cc3)n2)cc1. The van der Waals surface area contributed by atoms with E-state index in [9.17, 15) is 0 Å². The van der Waals surface area contributed by atoms with Crippen LogP contribution >= 0.6 is 22.7 Å². The number of nitrogens with zero attached hydrogens (tertiary/aromatic N) is 4. The fourth-order valence-corrected chi connectivity index (χ4v) is 9.53. The zero-order valence-electron chi connectivity index (χ0n) is 26.1. The molecule has 4 heterocycles. The van der Waals surface area contributed by atoms with Crippen LogP contribution in [0, 0.1) is 0 Å². The van der Waals surface area contributed by atoms with Gasteiger partial charge in [-0.3, -0.25) is 0 Å². The van der Waals surface area contributed by atoms with Crippen molar-refractivity contribution in [3.63, 3.8) is 0 Å². The van der Waals surface area contributed by atoms with Gasteiger partial charge in [-0.1, -0.05) is 127 Å². The van der Waals surface area contributed by atoms with Crippen LogP contribution in [0.5, 0.6) is 0 Å². The largest absolute Gasteiger partial charge is 0.301 e. The summed E-state index contributed by atoms with van der Waals surface area (Å²) in [7, 11) is 0. The predicted octanol–water partition coefficient (Wildman–Crippen LogP) is 12.1. The van der Waals surface area contributed by atoms with E-state index in [1.165, 1.54) is 51.9 Å². The molecule has 49 heavy (non-hydrogen) atoms. The minimum Gasteiger partial charge on any atom is -0.301 e. The Morgan fingerprint density at radius 1 is 0.408 bits per heavy atom. The maximum absolute atomic E-state index is 4.91. The highest BCUT2D eigenvalue weighted by atomic mass is 32.1. The smallest absolute Gasteiger partial charge is 0.164 e. The molecule has 230 valence electrons. The van der Waals surface area contributed by atoms with E-state index < -0.39 is 0 Å². The molecule has 10 rings (SSSR count). The number of hydrogen-bond donors (Lipinski definition) is 0. The van der Waals surface area contributed by atoms with Crippen molar-refractivity contribution in [3.05, 3.63) is 158 Å². The molecule has 6 heteroatoms. The Kier molecular flexibility index (Phi) is 6.50. The summed E-state index contributed by atoms with van der Waals surface area (Å²) in [4.78, 5) is 16.0. The van der Waals surface area contributed by atoms with Crippen LogP contribution in [0.3, 0.4) is 0 Å². The van der Waals surface area contributed by atoms with Gasteiger partial charge >= 0.3 is 0 Å². The van der Waals surface area contributed by atoms with Gasteiger partial charge in [-0.05, 0) is 41.5 Å². The quantitative estimate of drug-likeness (QED) is 0.184. The third-order valence-corrected chi connectivity index (χ3v) is 11.6. The Bertz CT molecular complexity index is 2740. The summed E-state index contributed by atoms with van der Waals surface area (Å²) in [5, 5.41) is 3.97. The van der Waals surface area contributed by atoms with Gasteiger partial charge in [0.05, 0.1) is 14.9 Å². The lowest BCUT2D eigenvalue weighted by atomic mass is 10.0. The number of rotatable bonds is 5. The van der Waals surface area contributed by atoms with E-state index in [2.05, 4.69) is 102 Å². The van der Waals surface area contributed by atoms with Crippen LogP contribution in [-0.2, 0) is 0 Å². The van der Waals surface area contributed by atoms with Crippen molar-refractivity contribution >= 4 is 63.3 Å². The molecule has 0 saturated heterocycles. The maximum Gasteiger partial charge on any atom is 0.164 e. The molecule has 0 N–H and O–H groups in total. The zero-order chi connectivity index (χ0) is 32.3. The monoisotopic (exact) mass is 662 g/mol. The van der Waals surface area contributed by atoms with Gasteiger partial charge < -0.3 is 4.57 Å². The molecule has 0 aliphatic rings. The first-order chi connectivity index (χ1) is 24.3. The Morgan fingerprint density at radius 3 is 1.59 bits per heavy atom. The lowest BCUT2D eigenvalue weighted by Crippen LogP contribution is -2.00. The van der Waals surface area contributed by atoms with E-state index in [4.69, 9.17) is 15.0 Å². The first-order valence-corrected chi connectivity index (χ1v) is 17.8. The number of para-hydroxylation sites is 2. The highest BCUT2D eigenvalue weighted by Crippen LogP contribution is 2.49. The average Bonchev–Trinajstić information content (AvgIpc) is 3.82. The van der Waals surface area contributed by atoms with Gasteiger partial charge in [-0.2, -0.15) is 0 Å². The van der Waals surface area contributed by atoms with Crippen LogP contribution in [0.2, 0.25) is 0 Å². The van der Waals surface area contributed by atoms with Crippen molar-refractivity contribution in [3.8, 4) is 51.0 Å². The molecule has 0 aliphatic heterocycles. The van der Waals surface area contributed by atoms with E-state index in [0.29, 0.717) is 17.5 Å². The zero-order valence-corrected chi connectivity index (χ0v) is 27.7. The summed E-state index contributed by atoms with van der Waals surface area (Å²) in [6.45, 7) is 0. The van der Waals surface area contributed by atoms with Crippen molar-refractivity contribution in [2.24, 2.45) is 0 Å². The van der Waals surface area contributed by atoms with Crippen LogP contribution in [0.25, 0.3) is 91.6 Å². The molecular formula is C43H26N4S2. The summed E-state index contributed by atoms with van der Waals surface area (Å²) in [6.07, 6.45) is 0. The van der Waals surface area contributed by atoms with E-state index in [0.717, 1.165) is 22.3 Å². The summed E-state index contributed by atoms with van der Waals surface area (Å²) in [6, 6.07) is 55.2. The first-order valence-electron chi connectivity index (χ1n) is 16.2.